The van der Waals surface area contributed by atoms with E-state index in [1.807, 2.05) is 0 Å². The van der Waals surface area contributed by atoms with Gasteiger partial charge < -0.3 is 0 Å². The summed E-state index contributed by atoms with van der Waals surface area (Å²) in [6.45, 7) is 2.09. The first-order chi connectivity index (χ1) is 6.21. The van der Waals surface area contributed by atoms with Crippen molar-refractivity contribution in [1.29, 1.82) is 0 Å². The van der Waals surface area contributed by atoms with Crippen molar-refractivity contribution in [2.75, 3.05) is 12.3 Å². The Labute approximate surface area is 80.2 Å². The fraction of sp³-hybridized carbons (Fsp3) is 0.455. The number of hydrogen-bond acceptors (Lipinski definition) is 1. The zero-order valence-corrected chi connectivity index (χ0v) is 8.93. The lowest BCUT2D eigenvalue weighted by atomic mass is 10.2. The highest BCUT2D eigenvalue weighted by Gasteiger charge is 2.41. The molecule has 0 atom stereocenters. The molecule has 0 unspecified atom stereocenters. The van der Waals surface area contributed by atoms with E-state index in [0.29, 0.717) is 0 Å². The zero-order chi connectivity index (χ0) is 9.31. The normalized spacial score (nSPS) is 20.5. The van der Waals surface area contributed by atoms with Gasteiger partial charge in [-0.1, -0.05) is 12.1 Å². The quantitative estimate of drug-likeness (QED) is 0.682. The maximum Gasteiger partial charge on any atom is 0.174 e. The summed E-state index contributed by atoms with van der Waals surface area (Å²) in [5.74, 6) is 0. The van der Waals surface area contributed by atoms with Gasteiger partial charge in [0.2, 0.25) is 0 Å². The average Bonchev–Trinajstić information content (AvgIpc) is 2.54. The highest BCUT2D eigenvalue weighted by atomic mass is 31.2. The number of rotatable bonds is 1. The molecule has 0 spiro atoms. The van der Waals surface area contributed by atoms with Gasteiger partial charge in [-0.2, -0.15) is 0 Å². The van der Waals surface area contributed by atoms with Crippen LogP contribution in [0.5, 0.6) is 0 Å². The van der Waals surface area contributed by atoms with Gasteiger partial charge in [-0.15, -0.1) is 0 Å². The van der Waals surface area contributed by atoms with Crippen LogP contribution in [0.4, 0.5) is 0 Å². The van der Waals surface area contributed by atoms with E-state index in [9.17, 15) is 4.89 Å². The minimum atomic E-state index is -1.70. The van der Waals surface area contributed by atoms with Crippen LogP contribution in [0.2, 0.25) is 0 Å². The van der Waals surface area contributed by atoms with E-state index in [0.717, 1.165) is 12.3 Å². The smallest absolute Gasteiger partial charge is 0.174 e. The van der Waals surface area contributed by atoms with E-state index in [-0.39, 0.29) is 0 Å². The summed E-state index contributed by atoms with van der Waals surface area (Å²) in [4.78, 5) is 10.4. The molecule has 0 radical (unpaired) electrons. The van der Waals surface area contributed by atoms with Crippen molar-refractivity contribution in [1.82, 2.24) is 0 Å². The van der Waals surface area contributed by atoms with E-state index >= 15 is 0 Å². The molecule has 1 nitrogen and oxygen atoms in total. The molecule has 1 saturated heterocycles. The molecule has 0 amide bonds. The molecule has 0 aliphatic carbocycles. The molecule has 70 valence electrons. The highest BCUT2D eigenvalue weighted by molar-refractivity contribution is 7.78. The Morgan fingerprint density at radius 2 is 1.92 bits per heavy atom. The first-order valence-electron chi connectivity index (χ1n) is 4.88. The predicted molar refractivity (Wildman–Crippen MR) is 58.9 cm³/mol. The van der Waals surface area contributed by atoms with Gasteiger partial charge in [0.25, 0.3) is 0 Å². The Bertz CT molecular complexity index is 303. The van der Waals surface area contributed by atoms with Gasteiger partial charge in [0.15, 0.2) is 7.49 Å². The lowest BCUT2D eigenvalue weighted by Gasteiger charge is -2.13. The molecule has 1 aliphatic heterocycles. The SMILES string of the molecule is Cc1cccc([P+]2(O)CCCC2)c1. The van der Waals surface area contributed by atoms with Crippen molar-refractivity contribution in [2.24, 2.45) is 0 Å². The van der Waals surface area contributed by atoms with Crippen molar-refractivity contribution in [3.63, 3.8) is 0 Å². The van der Waals surface area contributed by atoms with Gasteiger partial charge in [-0.3, -0.25) is 0 Å². The predicted octanol–water partition coefficient (Wildman–Crippen LogP) is 2.34. The number of hydrogen-bond donors (Lipinski definition) is 1. The van der Waals surface area contributed by atoms with Gasteiger partial charge in [-0.25, -0.2) is 4.89 Å². The van der Waals surface area contributed by atoms with Crippen molar-refractivity contribution < 1.29 is 4.89 Å². The first kappa shape index (κ1) is 9.18. The largest absolute Gasteiger partial charge is 0.246 e. The van der Waals surface area contributed by atoms with Crippen LogP contribution in [0, 0.1) is 6.92 Å². The molecule has 13 heavy (non-hydrogen) atoms. The first-order valence-corrected chi connectivity index (χ1v) is 6.99. The van der Waals surface area contributed by atoms with E-state index in [1.165, 1.54) is 23.7 Å². The lowest BCUT2D eigenvalue weighted by molar-refractivity contribution is 0.617. The molecule has 0 aromatic heterocycles. The molecule has 1 aromatic rings. The molecule has 1 N–H and O–H groups in total. The molecule has 0 saturated carbocycles. The van der Waals surface area contributed by atoms with Crippen LogP contribution in [-0.2, 0) is 0 Å². The van der Waals surface area contributed by atoms with Crippen molar-refractivity contribution in [3.8, 4) is 0 Å². The number of aryl methyl sites for hydroxylation is 1. The summed E-state index contributed by atoms with van der Waals surface area (Å²) in [6, 6.07) is 8.39. The Balaban J connectivity index is 2.33. The van der Waals surface area contributed by atoms with Crippen molar-refractivity contribution >= 4 is 12.8 Å². The fourth-order valence-corrected chi connectivity index (χ4v) is 5.04. The second-order valence-corrected chi connectivity index (χ2v) is 7.17. The van der Waals surface area contributed by atoms with Gasteiger partial charge in [0, 0.05) is 0 Å². The zero-order valence-electron chi connectivity index (χ0n) is 8.03. The Kier molecular flexibility index (Phi) is 2.40. The molecule has 1 heterocycles. The van der Waals surface area contributed by atoms with Crippen LogP contribution in [0.1, 0.15) is 18.4 Å². The van der Waals surface area contributed by atoms with Crippen LogP contribution in [0.15, 0.2) is 24.3 Å². The molecular weight excluding hydrogens is 179 g/mol. The van der Waals surface area contributed by atoms with E-state index in [2.05, 4.69) is 31.2 Å². The monoisotopic (exact) mass is 195 g/mol. The Hall–Kier alpha value is -0.390. The molecule has 2 heteroatoms. The second-order valence-electron chi connectivity index (χ2n) is 3.92. The third-order valence-electron chi connectivity index (χ3n) is 2.79. The van der Waals surface area contributed by atoms with E-state index in [1.54, 1.807) is 0 Å². The maximum atomic E-state index is 10.4. The minimum Gasteiger partial charge on any atom is -0.246 e. The van der Waals surface area contributed by atoms with Gasteiger partial charge in [-0.05, 0) is 37.5 Å². The summed E-state index contributed by atoms with van der Waals surface area (Å²) in [5, 5.41) is 1.21. The van der Waals surface area contributed by atoms with Crippen LogP contribution >= 0.6 is 7.49 Å². The summed E-state index contributed by atoms with van der Waals surface area (Å²) < 4.78 is 0. The standard InChI is InChI=1S/C11H16OP/c1-10-5-4-6-11(9-10)13(12)7-2-3-8-13/h4-6,9,12H,2-3,7-8H2,1H3/q+1. The van der Waals surface area contributed by atoms with Crippen LogP contribution in [0.25, 0.3) is 0 Å². The van der Waals surface area contributed by atoms with Crippen LogP contribution < -0.4 is 5.30 Å². The van der Waals surface area contributed by atoms with Gasteiger partial charge >= 0.3 is 0 Å². The average molecular weight is 195 g/mol. The lowest BCUT2D eigenvalue weighted by Crippen LogP contribution is -2.12. The molecule has 1 aliphatic rings. The van der Waals surface area contributed by atoms with E-state index < -0.39 is 7.49 Å². The third kappa shape index (κ3) is 1.77. The molecular formula is C11H16OP+. The summed E-state index contributed by atoms with van der Waals surface area (Å²) in [7, 11) is -1.70. The number of benzene rings is 1. The summed E-state index contributed by atoms with van der Waals surface area (Å²) in [5.41, 5.74) is 1.26. The molecule has 1 aromatic carbocycles. The van der Waals surface area contributed by atoms with Gasteiger partial charge in [0.05, 0.1) is 12.3 Å². The van der Waals surface area contributed by atoms with E-state index in [4.69, 9.17) is 0 Å². The van der Waals surface area contributed by atoms with Crippen LogP contribution in [-0.4, -0.2) is 17.2 Å². The summed E-state index contributed by atoms with van der Waals surface area (Å²) >= 11 is 0. The summed E-state index contributed by atoms with van der Waals surface area (Å²) in [6.07, 6.45) is 4.49. The molecule has 2 rings (SSSR count). The Morgan fingerprint density at radius 1 is 1.23 bits per heavy atom. The van der Waals surface area contributed by atoms with Crippen LogP contribution in [0.3, 0.4) is 0 Å². The van der Waals surface area contributed by atoms with Gasteiger partial charge in [0.1, 0.15) is 5.30 Å². The van der Waals surface area contributed by atoms with Crippen molar-refractivity contribution in [2.45, 2.75) is 19.8 Å². The minimum absolute atomic E-state index is 1.04. The maximum absolute atomic E-state index is 10.4. The molecule has 0 bridgehead atoms. The molecule has 1 fully saturated rings. The topological polar surface area (TPSA) is 20.2 Å². The fourth-order valence-electron chi connectivity index (χ4n) is 2.00. The highest BCUT2D eigenvalue weighted by Crippen LogP contribution is 2.58. The second kappa shape index (κ2) is 3.40. The third-order valence-corrected chi connectivity index (χ3v) is 6.14. The van der Waals surface area contributed by atoms with Crippen molar-refractivity contribution in [3.05, 3.63) is 29.8 Å². The Morgan fingerprint density at radius 3 is 2.54 bits per heavy atom.